The van der Waals surface area contributed by atoms with Crippen LogP contribution in [0.5, 0.6) is 11.5 Å². The summed E-state index contributed by atoms with van der Waals surface area (Å²) in [5, 5.41) is 3.22. The van der Waals surface area contributed by atoms with Crippen LogP contribution in [0, 0.1) is 5.92 Å². The highest BCUT2D eigenvalue weighted by molar-refractivity contribution is 7.89. The summed E-state index contributed by atoms with van der Waals surface area (Å²) in [6, 6.07) is 14.7. The zero-order valence-electron chi connectivity index (χ0n) is 19.4. The number of amides is 1. The summed E-state index contributed by atoms with van der Waals surface area (Å²) in [4.78, 5) is 13.4. The van der Waals surface area contributed by atoms with Gasteiger partial charge in [-0.1, -0.05) is 37.1 Å². The molecule has 0 unspecified atom stereocenters. The lowest BCUT2D eigenvalue weighted by atomic mass is 9.78. The van der Waals surface area contributed by atoms with Crippen LogP contribution in [0.3, 0.4) is 0 Å². The first-order chi connectivity index (χ1) is 16.5. The third kappa shape index (κ3) is 4.53. The van der Waals surface area contributed by atoms with Crippen molar-refractivity contribution < 1.29 is 22.7 Å². The summed E-state index contributed by atoms with van der Waals surface area (Å²) in [5.74, 6) is 1.43. The summed E-state index contributed by atoms with van der Waals surface area (Å²) < 4.78 is 38.7. The van der Waals surface area contributed by atoms with E-state index in [1.165, 1.54) is 9.87 Å². The molecule has 8 heteroatoms. The molecule has 0 bridgehead atoms. The first kappa shape index (κ1) is 23.2. The van der Waals surface area contributed by atoms with E-state index in [0.717, 1.165) is 37.2 Å². The van der Waals surface area contributed by atoms with Gasteiger partial charge >= 0.3 is 0 Å². The fraction of sp³-hybridized carbons (Fsp3) is 0.500. The van der Waals surface area contributed by atoms with Gasteiger partial charge in [0.05, 0.1) is 4.90 Å². The Balaban J connectivity index is 1.21. The highest BCUT2D eigenvalue weighted by Crippen LogP contribution is 2.44. The van der Waals surface area contributed by atoms with Crippen LogP contribution in [0.2, 0.25) is 0 Å². The van der Waals surface area contributed by atoms with Crippen LogP contribution >= 0.6 is 0 Å². The molecule has 2 aliphatic heterocycles. The lowest BCUT2D eigenvalue weighted by Crippen LogP contribution is -2.45. The number of rotatable bonds is 6. The van der Waals surface area contributed by atoms with Crippen molar-refractivity contribution in [3.8, 4) is 11.5 Å². The normalized spacial score (nSPS) is 20.7. The van der Waals surface area contributed by atoms with Gasteiger partial charge in [0.2, 0.25) is 15.9 Å². The van der Waals surface area contributed by atoms with E-state index in [9.17, 15) is 13.2 Å². The Morgan fingerprint density at radius 3 is 2.35 bits per heavy atom. The van der Waals surface area contributed by atoms with E-state index >= 15 is 0 Å². The van der Waals surface area contributed by atoms with Crippen molar-refractivity contribution in [1.82, 2.24) is 9.62 Å². The number of hydrogen-bond donors (Lipinski definition) is 1. The highest BCUT2D eigenvalue weighted by atomic mass is 32.2. The topological polar surface area (TPSA) is 84.9 Å². The molecule has 1 N–H and O–H groups in total. The number of benzene rings is 2. The van der Waals surface area contributed by atoms with Crippen LogP contribution in [-0.2, 0) is 20.2 Å². The molecule has 1 aliphatic carbocycles. The summed E-state index contributed by atoms with van der Waals surface area (Å²) in [6.07, 6.45) is 5.41. The van der Waals surface area contributed by atoms with Gasteiger partial charge in [-0.3, -0.25) is 4.79 Å². The number of piperidine rings is 1. The molecule has 34 heavy (non-hydrogen) atoms. The molecular weight excluding hydrogens is 452 g/mol. The van der Waals surface area contributed by atoms with Gasteiger partial charge in [-0.05, 0) is 55.5 Å². The number of hydrogen-bond acceptors (Lipinski definition) is 5. The van der Waals surface area contributed by atoms with Crippen molar-refractivity contribution in [3.63, 3.8) is 0 Å². The van der Waals surface area contributed by atoms with E-state index in [1.807, 2.05) is 6.07 Å². The lowest BCUT2D eigenvalue weighted by molar-refractivity contribution is -0.126. The second-order valence-electron chi connectivity index (χ2n) is 9.56. The average molecular weight is 485 g/mol. The van der Waals surface area contributed by atoms with E-state index < -0.39 is 10.0 Å². The second-order valence-corrected chi connectivity index (χ2v) is 11.5. The maximum Gasteiger partial charge on any atom is 0.243 e. The minimum atomic E-state index is -3.51. The third-order valence-corrected chi connectivity index (χ3v) is 9.43. The molecule has 0 aromatic heterocycles. The van der Waals surface area contributed by atoms with Crippen molar-refractivity contribution >= 4 is 15.9 Å². The molecule has 1 saturated carbocycles. The quantitative estimate of drug-likeness (QED) is 0.679. The molecule has 182 valence electrons. The van der Waals surface area contributed by atoms with Gasteiger partial charge in [-0.15, -0.1) is 0 Å². The number of carbonyl (C=O) groups is 1. The van der Waals surface area contributed by atoms with Crippen molar-refractivity contribution in [1.29, 1.82) is 0 Å². The second kappa shape index (κ2) is 9.58. The van der Waals surface area contributed by atoms with E-state index in [2.05, 4.69) is 17.4 Å². The standard InChI is InChI=1S/C26H32N2O5S/c29-25(20-10-14-28(15-11-20)34(30,31)22-6-2-1-3-7-22)27-19-26(12-4-5-13-26)21-8-9-23-24(18-21)33-17-16-32-23/h1-3,6-9,18,20H,4-5,10-17,19H2,(H,27,29). The molecule has 5 rings (SSSR count). The minimum absolute atomic E-state index is 0.0283. The maximum absolute atomic E-state index is 13.1. The van der Waals surface area contributed by atoms with Crippen molar-refractivity contribution in [2.75, 3.05) is 32.8 Å². The molecule has 7 nitrogen and oxygen atoms in total. The number of nitrogens with zero attached hydrogens (tertiary/aromatic N) is 1. The Bertz CT molecular complexity index is 1120. The van der Waals surface area contributed by atoms with E-state index in [-0.39, 0.29) is 17.2 Å². The number of sulfonamides is 1. The molecule has 1 saturated heterocycles. The lowest BCUT2D eigenvalue weighted by Gasteiger charge is -2.34. The molecule has 0 spiro atoms. The van der Waals surface area contributed by atoms with Gasteiger partial charge in [0.1, 0.15) is 13.2 Å². The van der Waals surface area contributed by atoms with Crippen LogP contribution in [0.15, 0.2) is 53.4 Å². The third-order valence-electron chi connectivity index (χ3n) is 7.52. The van der Waals surface area contributed by atoms with Crippen LogP contribution in [0.25, 0.3) is 0 Å². The van der Waals surface area contributed by atoms with Gasteiger partial charge in [-0.2, -0.15) is 4.31 Å². The molecule has 2 aromatic carbocycles. The van der Waals surface area contributed by atoms with Gasteiger partial charge in [0, 0.05) is 31.0 Å². The zero-order chi connectivity index (χ0) is 23.6. The number of nitrogens with one attached hydrogen (secondary N) is 1. The Hall–Kier alpha value is -2.58. The smallest absolute Gasteiger partial charge is 0.243 e. The minimum Gasteiger partial charge on any atom is -0.486 e. The Morgan fingerprint density at radius 2 is 1.65 bits per heavy atom. The zero-order valence-corrected chi connectivity index (χ0v) is 20.2. The fourth-order valence-corrected chi connectivity index (χ4v) is 6.98. The van der Waals surface area contributed by atoms with Crippen molar-refractivity contribution in [2.45, 2.75) is 48.8 Å². The SMILES string of the molecule is O=C(NCC1(c2ccc3c(c2)OCCO3)CCCC1)C1CCN(S(=O)(=O)c2ccccc2)CC1. The van der Waals surface area contributed by atoms with Crippen molar-refractivity contribution in [3.05, 3.63) is 54.1 Å². The fourth-order valence-electron chi connectivity index (χ4n) is 5.49. The van der Waals surface area contributed by atoms with Crippen LogP contribution < -0.4 is 14.8 Å². The van der Waals surface area contributed by atoms with Crippen LogP contribution in [0.1, 0.15) is 44.1 Å². The Kier molecular flexibility index (Phi) is 6.53. The summed E-state index contributed by atoms with van der Waals surface area (Å²) >= 11 is 0. The summed E-state index contributed by atoms with van der Waals surface area (Å²) in [5.41, 5.74) is 1.10. The number of carbonyl (C=O) groups excluding carboxylic acids is 1. The van der Waals surface area contributed by atoms with Gasteiger partial charge in [0.25, 0.3) is 0 Å². The predicted octanol–water partition coefficient (Wildman–Crippen LogP) is 3.49. The monoisotopic (exact) mass is 484 g/mol. The molecule has 2 heterocycles. The summed E-state index contributed by atoms with van der Waals surface area (Å²) in [7, 11) is -3.51. The van der Waals surface area contributed by atoms with Gasteiger partial charge in [0.15, 0.2) is 11.5 Å². The molecule has 0 radical (unpaired) electrons. The Labute approximate surface area is 201 Å². The molecule has 1 amide bonds. The van der Waals surface area contributed by atoms with E-state index in [4.69, 9.17) is 9.47 Å². The van der Waals surface area contributed by atoms with Crippen LogP contribution in [-0.4, -0.2) is 51.5 Å². The molecule has 2 fully saturated rings. The molecule has 3 aliphatic rings. The predicted molar refractivity (Wildman–Crippen MR) is 129 cm³/mol. The highest BCUT2D eigenvalue weighted by Gasteiger charge is 2.38. The largest absolute Gasteiger partial charge is 0.486 e. The number of fused-ring (bicyclic) bond motifs is 1. The van der Waals surface area contributed by atoms with Crippen molar-refractivity contribution in [2.24, 2.45) is 5.92 Å². The molecular formula is C26H32N2O5S. The van der Waals surface area contributed by atoms with E-state index in [1.54, 1.807) is 30.3 Å². The Morgan fingerprint density at radius 1 is 0.971 bits per heavy atom. The number of ether oxygens (including phenoxy) is 2. The first-order valence-corrected chi connectivity index (χ1v) is 13.7. The van der Waals surface area contributed by atoms with E-state index in [0.29, 0.717) is 50.6 Å². The molecule has 2 aromatic rings. The average Bonchev–Trinajstić information content (AvgIpc) is 3.38. The van der Waals surface area contributed by atoms with Gasteiger partial charge < -0.3 is 14.8 Å². The first-order valence-electron chi connectivity index (χ1n) is 12.2. The van der Waals surface area contributed by atoms with Gasteiger partial charge in [-0.25, -0.2) is 8.42 Å². The molecule has 0 atom stereocenters. The van der Waals surface area contributed by atoms with Crippen LogP contribution in [0.4, 0.5) is 0 Å². The summed E-state index contributed by atoms with van der Waals surface area (Å²) in [6.45, 7) is 2.44. The maximum atomic E-state index is 13.1.